The fourth-order valence-electron chi connectivity index (χ4n) is 4.24. The Labute approximate surface area is 187 Å². The maximum absolute atomic E-state index is 13.0. The standard InChI is InChI=1S/C19H30N4O3.2CH2O2/c1-4-7-22-8-15-9-23(16(10-22)12-26-11-15)18(24)6-5-17-13(2)20-19(25)21-14(17)3;2*2-1-3/h15-16H,4-12H2,1-3H3,(H,20,21,25);2*1H,(H,2,3)/t15-,16-;;/m0../s1. The van der Waals surface area contributed by atoms with Gasteiger partial charge >= 0.3 is 5.69 Å². The summed E-state index contributed by atoms with van der Waals surface area (Å²) in [5.41, 5.74) is 2.16. The molecule has 2 fully saturated rings. The highest BCUT2D eigenvalue weighted by atomic mass is 16.5. The Morgan fingerprint density at radius 2 is 1.84 bits per heavy atom. The van der Waals surface area contributed by atoms with Gasteiger partial charge in [-0.25, -0.2) is 4.79 Å². The maximum Gasteiger partial charge on any atom is 0.345 e. The van der Waals surface area contributed by atoms with Gasteiger partial charge in [0.05, 0.1) is 19.3 Å². The van der Waals surface area contributed by atoms with Gasteiger partial charge in [-0.05, 0) is 38.8 Å². The average Bonchev–Trinajstić information content (AvgIpc) is 2.99. The fourth-order valence-corrected chi connectivity index (χ4v) is 4.24. The third-order valence-electron chi connectivity index (χ3n) is 5.45. The van der Waals surface area contributed by atoms with Crippen LogP contribution >= 0.6 is 0 Å². The number of nitrogens with zero attached hydrogens (tertiary/aromatic N) is 3. The van der Waals surface area contributed by atoms with Crippen LogP contribution in [0.1, 0.15) is 36.7 Å². The van der Waals surface area contributed by atoms with Gasteiger partial charge < -0.3 is 29.7 Å². The number of carbonyl (C=O) groups is 3. The molecular formula is C21H34N4O7. The molecule has 0 aromatic carbocycles. The smallest absolute Gasteiger partial charge is 0.345 e. The molecule has 180 valence electrons. The second-order valence-electron chi connectivity index (χ2n) is 7.80. The van der Waals surface area contributed by atoms with E-state index in [1.54, 1.807) is 0 Å². The van der Waals surface area contributed by atoms with Crippen molar-refractivity contribution in [3.8, 4) is 0 Å². The Balaban J connectivity index is 0.000000769. The molecule has 32 heavy (non-hydrogen) atoms. The number of carboxylic acid groups (broad SMARTS) is 2. The zero-order valence-corrected chi connectivity index (χ0v) is 19.0. The SMILES string of the molecule is CCCN1C[C@@H]2COC[C@H](C1)N(C(=O)CCc1c(C)nc(=O)[nH]c1C)C2.O=CO.O=CO. The van der Waals surface area contributed by atoms with Crippen LogP contribution in [0.2, 0.25) is 0 Å². The van der Waals surface area contributed by atoms with Gasteiger partial charge in [0.25, 0.3) is 12.9 Å². The number of fused-ring (bicyclic) bond motifs is 3. The first kappa shape index (κ1) is 27.2. The summed E-state index contributed by atoms with van der Waals surface area (Å²) in [7, 11) is 0. The van der Waals surface area contributed by atoms with Gasteiger partial charge in [-0.15, -0.1) is 0 Å². The normalized spacial score (nSPS) is 20.0. The van der Waals surface area contributed by atoms with E-state index in [2.05, 4.69) is 21.8 Å². The van der Waals surface area contributed by atoms with E-state index in [1.165, 1.54) is 0 Å². The number of aromatic nitrogens is 2. The van der Waals surface area contributed by atoms with Gasteiger partial charge in [0, 0.05) is 43.4 Å². The molecule has 2 saturated heterocycles. The van der Waals surface area contributed by atoms with Gasteiger partial charge in [0.15, 0.2) is 0 Å². The number of H-pyrrole nitrogens is 1. The largest absolute Gasteiger partial charge is 0.483 e. The summed E-state index contributed by atoms with van der Waals surface area (Å²) in [6.07, 6.45) is 2.17. The van der Waals surface area contributed by atoms with Crippen molar-refractivity contribution in [3.05, 3.63) is 27.4 Å². The molecule has 1 aromatic rings. The molecular weight excluding hydrogens is 420 g/mol. The van der Waals surface area contributed by atoms with E-state index in [9.17, 15) is 9.59 Å². The number of rotatable bonds is 5. The van der Waals surface area contributed by atoms with Crippen LogP contribution in [0.3, 0.4) is 0 Å². The van der Waals surface area contributed by atoms with E-state index < -0.39 is 0 Å². The first-order valence-corrected chi connectivity index (χ1v) is 10.6. The summed E-state index contributed by atoms with van der Waals surface area (Å²) in [4.78, 5) is 52.3. The number of aryl methyl sites for hydroxylation is 2. The molecule has 0 radical (unpaired) electrons. The van der Waals surface area contributed by atoms with Gasteiger partial charge in [-0.1, -0.05) is 6.92 Å². The second kappa shape index (κ2) is 14.3. The Hall–Kier alpha value is -2.79. The van der Waals surface area contributed by atoms with Crippen molar-refractivity contribution in [2.45, 2.75) is 46.1 Å². The van der Waals surface area contributed by atoms with Crippen molar-refractivity contribution in [2.24, 2.45) is 5.92 Å². The summed E-state index contributed by atoms with van der Waals surface area (Å²) in [6, 6.07) is 0.137. The molecule has 1 amide bonds. The van der Waals surface area contributed by atoms with Crippen LogP contribution in [0, 0.1) is 19.8 Å². The van der Waals surface area contributed by atoms with E-state index in [1.807, 2.05) is 18.7 Å². The van der Waals surface area contributed by atoms with Crippen LogP contribution in [0.4, 0.5) is 0 Å². The number of hydrogen-bond donors (Lipinski definition) is 3. The number of hydrogen-bond acceptors (Lipinski definition) is 7. The van der Waals surface area contributed by atoms with Crippen molar-refractivity contribution < 1.29 is 29.3 Å². The summed E-state index contributed by atoms with van der Waals surface area (Å²) < 4.78 is 5.81. The van der Waals surface area contributed by atoms with E-state index >= 15 is 0 Å². The molecule has 2 atom stereocenters. The fraction of sp³-hybridized carbons (Fsp3) is 0.667. The quantitative estimate of drug-likeness (QED) is 0.533. The lowest BCUT2D eigenvalue weighted by Crippen LogP contribution is -2.46. The van der Waals surface area contributed by atoms with Crippen LogP contribution in [0.25, 0.3) is 0 Å². The Kier molecular flexibility index (Phi) is 12.2. The van der Waals surface area contributed by atoms with Crippen LogP contribution in [0.15, 0.2) is 4.79 Å². The van der Waals surface area contributed by atoms with Crippen LogP contribution in [-0.2, 0) is 25.5 Å². The molecule has 0 saturated carbocycles. The van der Waals surface area contributed by atoms with Crippen molar-refractivity contribution >= 4 is 18.9 Å². The average molecular weight is 455 g/mol. The molecule has 11 heteroatoms. The van der Waals surface area contributed by atoms with Crippen molar-refractivity contribution in [1.82, 2.24) is 19.8 Å². The molecule has 0 spiro atoms. The monoisotopic (exact) mass is 454 g/mol. The summed E-state index contributed by atoms with van der Waals surface area (Å²) in [5.74, 6) is 0.560. The number of carbonyl (C=O) groups excluding carboxylic acids is 1. The third-order valence-corrected chi connectivity index (χ3v) is 5.45. The number of ether oxygens (including phenoxy) is 1. The van der Waals surface area contributed by atoms with E-state index in [0.29, 0.717) is 31.1 Å². The maximum atomic E-state index is 13.0. The van der Waals surface area contributed by atoms with Crippen molar-refractivity contribution in [2.75, 3.05) is 39.4 Å². The molecule has 3 N–H and O–H groups in total. The Bertz CT molecular complexity index is 767. The number of nitrogens with one attached hydrogen (secondary N) is 1. The highest BCUT2D eigenvalue weighted by Crippen LogP contribution is 2.21. The molecule has 2 aliphatic heterocycles. The van der Waals surface area contributed by atoms with E-state index in [4.69, 9.17) is 24.5 Å². The number of aromatic amines is 1. The van der Waals surface area contributed by atoms with Crippen LogP contribution < -0.4 is 5.69 Å². The molecule has 2 bridgehead atoms. The first-order chi connectivity index (χ1) is 15.3. The zero-order valence-electron chi connectivity index (χ0n) is 19.0. The Morgan fingerprint density at radius 1 is 1.19 bits per heavy atom. The first-order valence-electron chi connectivity index (χ1n) is 10.6. The highest BCUT2D eigenvalue weighted by Gasteiger charge is 2.35. The molecule has 1 aromatic heterocycles. The lowest BCUT2D eigenvalue weighted by atomic mass is 10.1. The minimum absolute atomic E-state index is 0.137. The molecule has 3 heterocycles. The Morgan fingerprint density at radius 3 is 2.44 bits per heavy atom. The highest BCUT2D eigenvalue weighted by molar-refractivity contribution is 5.77. The van der Waals surface area contributed by atoms with Crippen molar-refractivity contribution in [1.29, 1.82) is 0 Å². The van der Waals surface area contributed by atoms with Crippen molar-refractivity contribution in [3.63, 3.8) is 0 Å². The van der Waals surface area contributed by atoms with Gasteiger partial charge in [0.1, 0.15) is 0 Å². The second-order valence-corrected chi connectivity index (χ2v) is 7.80. The molecule has 2 aliphatic rings. The lowest BCUT2D eigenvalue weighted by molar-refractivity contribution is -0.134. The zero-order chi connectivity index (χ0) is 24.1. The predicted molar refractivity (Wildman–Crippen MR) is 117 cm³/mol. The minimum atomic E-state index is -0.329. The van der Waals surface area contributed by atoms with E-state index in [-0.39, 0.29) is 30.6 Å². The summed E-state index contributed by atoms with van der Waals surface area (Å²) in [6.45, 7) is 10.5. The predicted octanol–water partition coefficient (Wildman–Crippen LogP) is 0.290. The topological polar surface area (TPSA) is 153 Å². The number of amides is 1. The van der Waals surface area contributed by atoms with Crippen LogP contribution in [-0.4, -0.2) is 94.3 Å². The molecule has 0 aliphatic carbocycles. The molecule has 11 nitrogen and oxygen atoms in total. The van der Waals surface area contributed by atoms with E-state index in [0.717, 1.165) is 50.5 Å². The molecule has 0 unspecified atom stereocenters. The molecule has 3 rings (SSSR count). The van der Waals surface area contributed by atoms with Gasteiger partial charge in [0.2, 0.25) is 5.91 Å². The summed E-state index contributed by atoms with van der Waals surface area (Å²) in [5, 5.41) is 13.8. The minimum Gasteiger partial charge on any atom is -0.483 e. The lowest BCUT2D eigenvalue weighted by Gasteiger charge is -2.31. The van der Waals surface area contributed by atoms with Gasteiger partial charge in [-0.3, -0.25) is 14.4 Å². The summed E-state index contributed by atoms with van der Waals surface area (Å²) >= 11 is 0. The van der Waals surface area contributed by atoms with Crippen LogP contribution in [0.5, 0.6) is 0 Å². The van der Waals surface area contributed by atoms with Gasteiger partial charge in [-0.2, -0.15) is 4.98 Å². The third kappa shape index (κ3) is 8.39.